The van der Waals surface area contributed by atoms with E-state index < -0.39 is 0 Å². The van der Waals surface area contributed by atoms with Gasteiger partial charge in [0.2, 0.25) is 0 Å². The van der Waals surface area contributed by atoms with Crippen LogP contribution >= 0.6 is 0 Å². The number of aryl methyl sites for hydroxylation is 1. The first-order chi connectivity index (χ1) is 16.1. The third-order valence-corrected chi connectivity index (χ3v) is 6.60. The molecule has 170 valence electrons. The molecule has 1 fully saturated rings. The van der Waals surface area contributed by atoms with Crippen LogP contribution in [0.5, 0.6) is 0 Å². The van der Waals surface area contributed by atoms with Crippen molar-refractivity contribution in [2.45, 2.75) is 45.3 Å². The molecule has 1 atom stereocenters. The van der Waals surface area contributed by atoms with Crippen molar-refractivity contribution < 1.29 is 9.59 Å². The van der Waals surface area contributed by atoms with Crippen molar-refractivity contribution in [2.24, 2.45) is 0 Å². The molecule has 0 spiro atoms. The average Bonchev–Trinajstić information content (AvgIpc) is 3.50. The molecular weight excluding hydrogens is 416 g/mol. The molecule has 0 radical (unpaired) electrons. The average molecular weight is 445 g/mol. The molecular formula is C25H28N6O2. The van der Waals surface area contributed by atoms with Gasteiger partial charge in [0, 0.05) is 25.3 Å². The van der Waals surface area contributed by atoms with Gasteiger partial charge in [-0.25, -0.2) is 9.48 Å². The summed E-state index contributed by atoms with van der Waals surface area (Å²) in [5.74, 6) is -0.101. The molecule has 33 heavy (non-hydrogen) atoms. The Bertz CT molecular complexity index is 1170. The van der Waals surface area contributed by atoms with Crippen molar-refractivity contribution in [1.29, 1.82) is 0 Å². The maximum atomic E-state index is 13.0. The summed E-state index contributed by atoms with van der Waals surface area (Å²) in [6.07, 6.45) is 4.40. The van der Waals surface area contributed by atoms with Crippen LogP contribution in [0.15, 0.2) is 54.7 Å². The normalized spacial score (nSPS) is 17.7. The van der Waals surface area contributed by atoms with Crippen LogP contribution in [0, 0.1) is 6.92 Å². The highest BCUT2D eigenvalue weighted by Gasteiger charge is 2.30. The highest BCUT2D eigenvalue weighted by atomic mass is 16.2. The number of aromatic nitrogens is 3. The number of rotatable bonds is 4. The second-order valence-electron chi connectivity index (χ2n) is 8.81. The van der Waals surface area contributed by atoms with Crippen LogP contribution in [0.1, 0.15) is 40.0 Å². The Kier molecular flexibility index (Phi) is 5.81. The summed E-state index contributed by atoms with van der Waals surface area (Å²) in [7, 11) is 0. The number of amides is 3. The van der Waals surface area contributed by atoms with Crippen LogP contribution in [0.25, 0.3) is 0 Å². The minimum absolute atomic E-state index is 0.0144. The molecule has 0 saturated carbocycles. The number of nitrogens with one attached hydrogen (secondary N) is 1. The molecule has 0 unspecified atom stereocenters. The van der Waals surface area contributed by atoms with Crippen molar-refractivity contribution in [3.63, 3.8) is 0 Å². The second-order valence-corrected chi connectivity index (χ2v) is 8.81. The zero-order chi connectivity index (χ0) is 22.8. The Morgan fingerprint density at radius 3 is 2.70 bits per heavy atom. The van der Waals surface area contributed by atoms with Crippen molar-refractivity contribution in [3.8, 4) is 0 Å². The lowest BCUT2D eigenvalue weighted by atomic mass is 10.00. The van der Waals surface area contributed by atoms with Gasteiger partial charge < -0.3 is 15.1 Å². The fraction of sp³-hybridized carbons (Fsp3) is 0.360. The SMILES string of the molecule is Cc1ccccc1NC(=O)N1CCC[C@H]1Cn1cc(C(=O)N2CCc3ccccc3C2)nn1. The van der Waals surface area contributed by atoms with Gasteiger partial charge in [-0.15, -0.1) is 5.10 Å². The summed E-state index contributed by atoms with van der Waals surface area (Å²) in [5, 5.41) is 11.4. The van der Waals surface area contributed by atoms with E-state index in [2.05, 4.69) is 27.8 Å². The van der Waals surface area contributed by atoms with E-state index in [1.165, 1.54) is 11.1 Å². The van der Waals surface area contributed by atoms with E-state index >= 15 is 0 Å². The third-order valence-electron chi connectivity index (χ3n) is 6.60. The summed E-state index contributed by atoms with van der Waals surface area (Å²) in [4.78, 5) is 29.6. The van der Waals surface area contributed by atoms with Crippen molar-refractivity contribution in [3.05, 3.63) is 77.1 Å². The molecule has 1 N–H and O–H groups in total. The van der Waals surface area contributed by atoms with Crippen LogP contribution < -0.4 is 5.32 Å². The predicted octanol–water partition coefficient (Wildman–Crippen LogP) is 3.48. The minimum atomic E-state index is -0.102. The predicted molar refractivity (Wildman–Crippen MR) is 125 cm³/mol. The van der Waals surface area contributed by atoms with Gasteiger partial charge in [-0.1, -0.05) is 47.7 Å². The summed E-state index contributed by atoms with van der Waals surface area (Å²) in [6.45, 7) is 4.47. The number of anilines is 1. The molecule has 0 bridgehead atoms. The number of hydrogen-bond acceptors (Lipinski definition) is 4. The van der Waals surface area contributed by atoms with Crippen molar-refractivity contribution >= 4 is 17.6 Å². The number of nitrogens with zero attached hydrogens (tertiary/aromatic N) is 5. The summed E-state index contributed by atoms with van der Waals surface area (Å²) < 4.78 is 1.69. The first kappa shape index (κ1) is 21.2. The molecule has 8 heteroatoms. The zero-order valence-corrected chi connectivity index (χ0v) is 18.8. The maximum absolute atomic E-state index is 13.0. The molecule has 0 aliphatic carbocycles. The smallest absolute Gasteiger partial charge is 0.322 e. The molecule has 5 rings (SSSR count). The highest BCUT2D eigenvalue weighted by Crippen LogP contribution is 2.23. The maximum Gasteiger partial charge on any atom is 0.322 e. The minimum Gasteiger partial charge on any atom is -0.333 e. The Morgan fingerprint density at radius 1 is 1.06 bits per heavy atom. The number of carbonyl (C=O) groups excluding carboxylic acids is 2. The molecule has 2 aromatic carbocycles. The first-order valence-electron chi connectivity index (χ1n) is 11.5. The van der Waals surface area contributed by atoms with Gasteiger partial charge in [-0.3, -0.25) is 4.79 Å². The lowest BCUT2D eigenvalue weighted by molar-refractivity contribution is 0.0728. The van der Waals surface area contributed by atoms with Crippen LogP contribution in [0.4, 0.5) is 10.5 Å². The molecule has 3 amide bonds. The van der Waals surface area contributed by atoms with Gasteiger partial charge in [-0.05, 0) is 48.9 Å². The van der Waals surface area contributed by atoms with Crippen molar-refractivity contribution in [1.82, 2.24) is 24.8 Å². The van der Waals surface area contributed by atoms with Crippen LogP contribution in [0.2, 0.25) is 0 Å². The van der Waals surface area contributed by atoms with Gasteiger partial charge in [0.25, 0.3) is 5.91 Å². The molecule has 1 saturated heterocycles. The number of carbonyl (C=O) groups is 2. The summed E-state index contributed by atoms with van der Waals surface area (Å²) in [5.41, 5.74) is 4.69. The number of benzene rings is 2. The zero-order valence-electron chi connectivity index (χ0n) is 18.8. The Hall–Kier alpha value is -3.68. The summed E-state index contributed by atoms with van der Waals surface area (Å²) in [6, 6.07) is 15.9. The van der Waals surface area contributed by atoms with E-state index in [0.717, 1.165) is 30.5 Å². The number of likely N-dealkylation sites (tertiary alicyclic amines) is 1. The van der Waals surface area contributed by atoms with E-state index in [9.17, 15) is 9.59 Å². The van der Waals surface area contributed by atoms with Crippen LogP contribution in [0.3, 0.4) is 0 Å². The number of hydrogen-bond donors (Lipinski definition) is 1. The van der Waals surface area contributed by atoms with Crippen LogP contribution in [-0.4, -0.2) is 55.9 Å². The fourth-order valence-electron chi connectivity index (χ4n) is 4.73. The second kappa shape index (κ2) is 9.05. The van der Waals surface area contributed by atoms with Crippen molar-refractivity contribution in [2.75, 3.05) is 18.4 Å². The van der Waals surface area contributed by atoms with Gasteiger partial charge in [0.15, 0.2) is 5.69 Å². The van der Waals surface area contributed by atoms with Gasteiger partial charge in [0.1, 0.15) is 0 Å². The largest absolute Gasteiger partial charge is 0.333 e. The van der Waals surface area contributed by atoms with E-state index in [-0.39, 0.29) is 18.0 Å². The molecule has 8 nitrogen and oxygen atoms in total. The Morgan fingerprint density at radius 2 is 1.85 bits per heavy atom. The summed E-state index contributed by atoms with van der Waals surface area (Å²) >= 11 is 0. The standard InChI is InChI=1S/C25H28N6O2/c1-18-7-2-5-11-22(18)26-25(33)31-13-6-10-21(31)16-30-17-23(27-28-30)24(32)29-14-12-19-8-3-4-9-20(19)15-29/h2-5,7-9,11,17,21H,6,10,12-16H2,1H3,(H,26,33)/t21-/m0/s1. The number of fused-ring (bicyclic) bond motifs is 1. The van der Waals surface area contributed by atoms with Crippen LogP contribution in [-0.2, 0) is 19.5 Å². The first-order valence-corrected chi connectivity index (χ1v) is 11.5. The topological polar surface area (TPSA) is 83.4 Å². The molecule has 3 heterocycles. The van der Waals surface area contributed by atoms with E-state index in [0.29, 0.717) is 31.9 Å². The monoisotopic (exact) mass is 444 g/mol. The number of para-hydroxylation sites is 1. The molecule has 1 aromatic heterocycles. The molecule has 3 aromatic rings. The Balaban J connectivity index is 1.22. The third kappa shape index (κ3) is 4.46. The quantitative estimate of drug-likeness (QED) is 0.668. The molecule has 2 aliphatic rings. The number of urea groups is 1. The van der Waals surface area contributed by atoms with Gasteiger partial charge in [0.05, 0.1) is 18.8 Å². The Labute approximate surface area is 193 Å². The lowest BCUT2D eigenvalue weighted by Crippen LogP contribution is -2.41. The van der Waals surface area contributed by atoms with Gasteiger partial charge >= 0.3 is 6.03 Å². The van der Waals surface area contributed by atoms with E-state index in [1.807, 2.05) is 53.1 Å². The van der Waals surface area contributed by atoms with E-state index in [4.69, 9.17) is 0 Å². The fourth-order valence-corrected chi connectivity index (χ4v) is 4.73. The van der Waals surface area contributed by atoms with E-state index in [1.54, 1.807) is 10.9 Å². The lowest BCUT2D eigenvalue weighted by Gasteiger charge is -2.28. The highest BCUT2D eigenvalue weighted by molar-refractivity contribution is 5.92. The molecule has 2 aliphatic heterocycles. The van der Waals surface area contributed by atoms with Gasteiger partial charge in [-0.2, -0.15) is 0 Å².